The summed E-state index contributed by atoms with van der Waals surface area (Å²) < 4.78 is 0. The lowest BCUT2D eigenvalue weighted by atomic mass is 10.1. The van der Waals surface area contributed by atoms with Crippen LogP contribution in [-0.2, 0) is 6.42 Å². The number of halogens is 1. The minimum absolute atomic E-state index is 0.378. The van der Waals surface area contributed by atoms with Crippen molar-refractivity contribution in [3.05, 3.63) is 60.2 Å². The Morgan fingerprint density at radius 2 is 1.68 bits per heavy atom. The van der Waals surface area contributed by atoms with E-state index in [1.54, 1.807) is 0 Å². The molecule has 0 aliphatic carbocycles. The molecule has 2 aromatic heterocycles. The van der Waals surface area contributed by atoms with E-state index >= 15 is 0 Å². The molecule has 0 bridgehead atoms. The molecule has 0 saturated heterocycles. The maximum atomic E-state index is 4.37. The van der Waals surface area contributed by atoms with Crippen molar-refractivity contribution in [1.82, 2.24) is 9.97 Å². The van der Waals surface area contributed by atoms with Crippen LogP contribution < -0.4 is 0 Å². The predicted molar refractivity (Wildman–Crippen MR) is 82.3 cm³/mol. The van der Waals surface area contributed by atoms with Gasteiger partial charge in [0.2, 0.25) is 0 Å². The van der Waals surface area contributed by atoms with E-state index in [2.05, 4.69) is 44.1 Å². The fourth-order valence-corrected chi connectivity index (χ4v) is 2.66. The van der Waals surface area contributed by atoms with Gasteiger partial charge in [-0.3, -0.25) is 9.97 Å². The molecule has 2 heterocycles. The van der Waals surface area contributed by atoms with Crippen LogP contribution in [0.3, 0.4) is 0 Å². The lowest BCUT2D eigenvalue weighted by molar-refractivity contribution is 0.629. The summed E-state index contributed by atoms with van der Waals surface area (Å²) in [6.07, 6.45) is 9.61. The summed E-state index contributed by atoms with van der Waals surface area (Å²) >= 11 is 3.71. The first kappa shape index (κ1) is 14.2. The van der Waals surface area contributed by atoms with Crippen LogP contribution in [0.25, 0.3) is 0 Å². The second kappa shape index (κ2) is 8.05. The second-order valence-corrected chi connectivity index (χ2v) is 5.75. The van der Waals surface area contributed by atoms with Crippen LogP contribution in [0, 0.1) is 0 Å². The van der Waals surface area contributed by atoms with E-state index in [1.807, 2.05) is 30.6 Å². The molecule has 1 unspecified atom stereocenters. The van der Waals surface area contributed by atoms with E-state index in [4.69, 9.17) is 0 Å². The Morgan fingerprint density at radius 3 is 2.37 bits per heavy atom. The third kappa shape index (κ3) is 5.11. The molecular formula is C16H19BrN2. The van der Waals surface area contributed by atoms with Crippen LogP contribution in [0.1, 0.15) is 41.9 Å². The smallest absolute Gasteiger partial charge is 0.0568 e. The zero-order valence-corrected chi connectivity index (χ0v) is 12.6. The summed E-state index contributed by atoms with van der Waals surface area (Å²) in [4.78, 5) is 9.09. The third-order valence-corrected chi connectivity index (χ3v) is 4.05. The van der Waals surface area contributed by atoms with Crippen molar-refractivity contribution in [2.24, 2.45) is 0 Å². The molecule has 2 aromatic rings. The number of hydrogen-bond donors (Lipinski definition) is 0. The van der Waals surface area contributed by atoms with E-state index < -0.39 is 0 Å². The number of aromatic nitrogens is 2. The highest BCUT2D eigenvalue weighted by atomic mass is 79.9. The van der Waals surface area contributed by atoms with E-state index in [9.17, 15) is 0 Å². The maximum absolute atomic E-state index is 4.37. The quantitative estimate of drug-likeness (QED) is 0.545. The summed E-state index contributed by atoms with van der Waals surface area (Å²) in [6, 6.07) is 12.2. The highest BCUT2D eigenvalue weighted by molar-refractivity contribution is 9.09. The van der Waals surface area contributed by atoms with Gasteiger partial charge in [-0.05, 0) is 43.5 Å². The molecule has 1 atom stereocenters. The van der Waals surface area contributed by atoms with Gasteiger partial charge in [0, 0.05) is 18.1 Å². The molecule has 100 valence electrons. The molecule has 0 spiro atoms. The minimum Gasteiger partial charge on any atom is -0.261 e. The molecule has 0 radical (unpaired) electrons. The Balaban J connectivity index is 1.62. The molecular weight excluding hydrogens is 300 g/mol. The zero-order chi connectivity index (χ0) is 13.3. The zero-order valence-electron chi connectivity index (χ0n) is 11.0. The molecule has 19 heavy (non-hydrogen) atoms. The van der Waals surface area contributed by atoms with Gasteiger partial charge in [0.15, 0.2) is 0 Å². The number of rotatable bonds is 7. The van der Waals surface area contributed by atoms with Crippen LogP contribution in [0.2, 0.25) is 0 Å². The molecule has 0 aromatic carbocycles. The van der Waals surface area contributed by atoms with Gasteiger partial charge in [-0.25, -0.2) is 0 Å². The average molecular weight is 319 g/mol. The van der Waals surface area contributed by atoms with Gasteiger partial charge in [-0.15, -0.1) is 0 Å². The molecule has 0 saturated carbocycles. The van der Waals surface area contributed by atoms with Crippen molar-refractivity contribution in [3.8, 4) is 0 Å². The molecule has 0 fully saturated rings. The van der Waals surface area contributed by atoms with Crippen LogP contribution in [0.15, 0.2) is 48.8 Å². The average Bonchev–Trinajstić information content (AvgIpc) is 2.49. The lowest BCUT2D eigenvalue weighted by Gasteiger charge is -2.08. The number of alkyl halides is 1. The number of unbranched alkanes of at least 4 members (excludes halogenated alkanes) is 2. The Kier molecular flexibility index (Phi) is 6.02. The first-order valence-electron chi connectivity index (χ1n) is 6.81. The summed E-state index contributed by atoms with van der Waals surface area (Å²) in [7, 11) is 0. The van der Waals surface area contributed by atoms with Gasteiger partial charge in [0.1, 0.15) is 0 Å². The van der Waals surface area contributed by atoms with Crippen molar-refractivity contribution in [1.29, 1.82) is 0 Å². The minimum atomic E-state index is 0.378. The van der Waals surface area contributed by atoms with Gasteiger partial charge in [-0.2, -0.15) is 0 Å². The Bertz CT molecular complexity index is 459. The predicted octanol–water partition coefficient (Wildman–Crippen LogP) is 4.72. The SMILES string of the molecule is BrC(CCCCCc1ccccn1)c1ccccn1. The normalized spacial score (nSPS) is 12.3. The first-order chi connectivity index (χ1) is 9.36. The van der Waals surface area contributed by atoms with E-state index in [0.717, 1.165) is 18.5 Å². The maximum Gasteiger partial charge on any atom is 0.0568 e. The Morgan fingerprint density at radius 1 is 0.895 bits per heavy atom. The van der Waals surface area contributed by atoms with Crippen LogP contribution in [0.5, 0.6) is 0 Å². The van der Waals surface area contributed by atoms with Gasteiger partial charge in [0.25, 0.3) is 0 Å². The van der Waals surface area contributed by atoms with E-state index in [-0.39, 0.29) is 0 Å². The molecule has 2 rings (SSSR count). The Hall–Kier alpha value is -1.22. The van der Waals surface area contributed by atoms with E-state index in [1.165, 1.54) is 25.0 Å². The van der Waals surface area contributed by atoms with E-state index in [0.29, 0.717) is 4.83 Å². The fraction of sp³-hybridized carbons (Fsp3) is 0.375. The van der Waals surface area contributed by atoms with Crippen LogP contribution in [0.4, 0.5) is 0 Å². The van der Waals surface area contributed by atoms with Crippen LogP contribution >= 0.6 is 15.9 Å². The summed E-state index contributed by atoms with van der Waals surface area (Å²) in [5.74, 6) is 0. The van der Waals surface area contributed by atoms with Crippen LogP contribution in [-0.4, -0.2) is 9.97 Å². The van der Waals surface area contributed by atoms with Gasteiger partial charge in [-0.1, -0.05) is 40.9 Å². The number of nitrogens with zero attached hydrogens (tertiary/aromatic N) is 2. The topological polar surface area (TPSA) is 25.8 Å². The molecule has 0 N–H and O–H groups in total. The highest BCUT2D eigenvalue weighted by Gasteiger charge is 2.07. The summed E-state index contributed by atoms with van der Waals surface area (Å²) in [5.41, 5.74) is 2.33. The monoisotopic (exact) mass is 318 g/mol. The van der Waals surface area contributed by atoms with Gasteiger partial charge in [0.05, 0.1) is 10.5 Å². The number of hydrogen-bond acceptors (Lipinski definition) is 2. The fourth-order valence-electron chi connectivity index (χ4n) is 2.06. The second-order valence-electron chi connectivity index (χ2n) is 4.64. The van der Waals surface area contributed by atoms with Gasteiger partial charge < -0.3 is 0 Å². The number of pyridine rings is 2. The van der Waals surface area contributed by atoms with Gasteiger partial charge >= 0.3 is 0 Å². The molecule has 2 nitrogen and oxygen atoms in total. The number of aryl methyl sites for hydroxylation is 1. The molecule has 0 aliphatic heterocycles. The largest absolute Gasteiger partial charge is 0.261 e. The summed E-state index contributed by atoms with van der Waals surface area (Å²) in [6.45, 7) is 0. The Labute approximate surface area is 123 Å². The molecule has 0 amide bonds. The first-order valence-corrected chi connectivity index (χ1v) is 7.73. The van der Waals surface area contributed by atoms with Crippen molar-refractivity contribution in [2.75, 3.05) is 0 Å². The molecule has 0 aliphatic rings. The van der Waals surface area contributed by atoms with Crippen molar-refractivity contribution in [3.63, 3.8) is 0 Å². The third-order valence-electron chi connectivity index (χ3n) is 3.13. The summed E-state index contributed by atoms with van der Waals surface area (Å²) in [5, 5.41) is 0. The molecule has 3 heteroatoms. The highest BCUT2D eigenvalue weighted by Crippen LogP contribution is 2.26. The lowest BCUT2D eigenvalue weighted by Crippen LogP contribution is -1.94. The van der Waals surface area contributed by atoms with Crippen molar-refractivity contribution >= 4 is 15.9 Å². The van der Waals surface area contributed by atoms with Crippen molar-refractivity contribution in [2.45, 2.75) is 36.9 Å². The van der Waals surface area contributed by atoms with Crippen molar-refractivity contribution < 1.29 is 0 Å². The standard InChI is InChI=1S/C16H19BrN2/c17-15(16-11-5-7-13-19-16)10-3-1-2-8-14-9-4-6-12-18-14/h4-7,9,11-13,15H,1-3,8,10H2.